The zero-order valence-corrected chi connectivity index (χ0v) is 23.8. The van der Waals surface area contributed by atoms with Crippen molar-refractivity contribution in [1.29, 1.82) is 5.26 Å². The third-order valence-corrected chi connectivity index (χ3v) is 6.33. The molecule has 202 valence electrons. The highest BCUT2D eigenvalue weighted by atomic mass is 35.5. The molecule has 0 atom stereocenters. The first kappa shape index (κ1) is 29.2. The van der Waals surface area contributed by atoms with E-state index in [0.29, 0.717) is 17.2 Å². The lowest BCUT2D eigenvalue weighted by molar-refractivity contribution is -0.160. The Kier molecular flexibility index (Phi) is 9.96. The fourth-order valence-corrected chi connectivity index (χ4v) is 4.50. The summed E-state index contributed by atoms with van der Waals surface area (Å²) in [5.41, 5.74) is 5.86. The summed E-state index contributed by atoms with van der Waals surface area (Å²) in [6.45, 7) is 12.6. The van der Waals surface area contributed by atoms with Gasteiger partial charge in [0.15, 0.2) is 0 Å². The van der Waals surface area contributed by atoms with E-state index in [-0.39, 0.29) is 12.6 Å². The van der Waals surface area contributed by atoms with Gasteiger partial charge in [-0.15, -0.1) is 0 Å². The molecule has 0 saturated heterocycles. The summed E-state index contributed by atoms with van der Waals surface area (Å²) in [5, 5.41) is 13.9. The Labute approximate surface area is 230 Å². The van der Waals surface area contributed by atoms with Crippen LogP contribution in [0.5, 0.6) is 0 Å². The van der Waals surface area contributed by atoms with Gasteiger partial charge in [0.1, 0.15) is 24.0 Å². The molecule has 3 rings (SSSR count). The lowest BCUT2D eigenvalue weighted by Crippen LogP contribution is -2.26. The Morgan fingerprint density at radius 2 is 1.87 bits per heavy atom. The fourth-order valence-electron chi connectivity index (χ4n) is 4.28. The van der Waals surface area contributed by atoms with Gasteiger partial charge in [0.25, 0.3) is 0 Å². The molecule has 0 spiro atoms. The van der Waals surface area contributed by atoms with Crippen LogP contribution in [0, 0.1) is 32.1 Å². The van der Waals surface area contributed by atoms with Gasteiger partial charge in [-0.3, -0.25) is 0 Å². The summed E-state index contributed by atoms with van der Waals surface area (Å²) >= 11 is 6.41. The molecule has 38 heavy (non-hydrogen) atoms. The van der Waals surface area contributed by atoms with Crippen LogP contribution in [0.4, 0.5) is 11.4 Å². The Hall–Kier alpha value is -3.34. The van der Waals surface area contributed by atoms with Crippen molar-refractivity contribution in [3.63, 3.8) is 0 Å². The van der Waals surface area contributed by atoms with Crippen LogP contribution in [0.3, 0.4) is 0 Å². The number of aromatic nitrogens is 1. The highest BCUT2D eigenvalue weighted by Gasteiger charge is 2.18. The number of esters is 1. The van der Waals surface area contributed by atoms with Crippen molar-refractivity contribution < 1.29 is 18.8 Å². The van der Waals surface area contributed by atoms with Gasteiger partial charge in [0, 0.05) is 30.1 Å². The molecule has 1 heterocycles. The van der Waals surface area contributed by atoms with E-state index in [1.807, 2.05) is 46.8 Å². The van der Waals surface area contributed by atoms with Crippen LogP contribution in [-0.2, 0) is 14.3 Å². The van der Waals surface area contributed by atoms with Gasteiger partial charge in [0.05, 0.1) is 16.3 Å². The molecule has 1 aromatic heterocycles. The predicted octanol–water partition coefficient (Wildman–Crippen LogP) is 7.46. The summed E-state index contributed by atoms with van der Waals surface area (Å²) in [4.78, 5) is 14.0. The molecule has 0 amide bonds. The molecule has 7 nitrogen and oxygen atoms in total. The number of nitrogens with zero attached hydrogens (tertiary/aromatic N) is 3. The number of hydrogen-bond donors (Lipinski definition) is 0. The quantitative estimate of drug-likeness (QED) is 0.185. The van der Waals surface area contributed by atoms with E-state index in [2.05, 4.69) is 41.2 Å². The Morgan fingerprint density at radius 1 is 1.11 bits per heavy atom. The van der Waals surface area contributed by atoms with Gasteiger partial charge >= 0.3 is 5.97 Å². The molecule has 0 unspecified atom stereocenters. The first-order valence-electron chi connectivity index (χ1n) is 12.8. The van der Waals surface area contributed by atoms with Crippen molar-refractivity contribution in [2.45, 2.75) is 66.4 Å². The van der Waals surface area contributed by atoms with Crippen LogP contribution in [0.15, 0.2) is 40.9 Å². The van der Waals surface area contributed by atoms with Crippen molar-refractivity contribution in [2.24, 2.45) is 0 Å². The minimum Gasteiger partial charge on any atom is -0.458 e. The van der Waals surface area contributed by atoms with Gasteiger partial charge in [-0.1, -0.05) is 28.9 Å². The Balaban J connectivity index is 1.74. The van der Waals surface area contributed by atoms with E-state index in [1.54, 1.807) is 6.07 Å². The number of anilines is 2. The maximum atomic E-state index is 11.8. The number of halogens is 1. The average molecular weight is 538 g/mol. The lowest BCUT2D eigenvalue weighted by Gasteiger charge is -2.28. The molecule has 0 aliphatic heterocycles. The van der Waals surface area contributed by atoms with Gasteiger partial charge in [-0.25, -0.2) is 4.79 Å². The number of unbranched alkanes of at least 4 members (excludes halogenated alkanes) is 2. The van der Waals surface area contributed by atoms with Crippen molar-refractivity contribution in [3.8, 4) is 17.2 Å². The molecule has 0 fully saturated rings. The first-order chi connectivity index (χ1) is 18.0. The number of ether oxygens (including phenoxy) is 2. The first-order valence-corrected chi connectivity index (χ1v) is 13.2. The van der Waals surface area contributed by atoms with E-state index in [0.717, 1.165) is 65.3 Å². The predicted molar refractivity (Wildman–Crippen MR) is 150 cm³/mol. The van der Waals surface area contributed by atoms with Crippen molar-refractivity contribution >= 4 is 28.9 Å². The molecule has 8 heteroatoms. The molecular formula is C30H36ClN3O4. The third kappa shape index (κ3) is 7.83. The molecule has 0 radical (unpaired) electrons. The van der Waals surface area contributed by atoms with E-state index in [4.69, 9.17) is 25.6 Å². The maximum Gasteiger partial charge on any atom is 0.332 e. The number of aryl methyl sites for hydroxylation is 3. The molecule has 0 aliphatic carbocycles. The zero-order chi connectivity index (χ0) is 27.9. The minimum absolute atomic E-state index is 0.0408. The summed E-state index contributed by atoms with van der Waals surface area (Å²) < 4.78 is 16.2. The van der Waals surface area contributed by atoms with Crippen LogP contribution in [0.1, 0.15) is 62.6 Å². The monoisotopic (exact) mass is 537 g/mol. The molecule has 3 aromatic rings. The van der Waals surface area contributed by atoms with Crippen molar-refractivity contribution in [2.75, 3.05) is 24.7 Å². The molecule has 0 saturated carbocycles. The number of benzene rings is 2. The van der Waals surface area contributed by atoms with Gasteiger partial charge in [-0.2, -0.15) is 5.26 Å². The van der Waals surface area contributed by atoms with E-state index in [9.17, 15) is 10.1 Å². The van der Waals surface area contributed by atoms with Crippen LogP contribution in [0.2, 0.25) is 5.02 Å². The maximum absolute atomic E-state index is 11.8. The van der Waals surface area contributed by atoms with E-state index in [1.165, 1.54) is 0 Å². The number of rotatable bonds is 11. The molecule has 0 bridgehead atoms. The van der Waals surface area contributed by atoms with Crippen LogP contribution in [0.25, 0.3) is 11.1 Å². The number of nitriles is 1. The topological polar surface area (TPSA) is 88.6 Å². The zero-order valence-electron chi connectivity index (χ0n) is 23.1. The fraction of sp³-hybridized carbons (Fsp3) is 0.433. The van der Waals surface area contributed by atoms with E-state index < -0.39 is 5.60 Å². The Bertz CT molecular complexity index is 1280. The van der Waals surface area contributed by atoms with Gasteiger partial charge < -0.3 is 18.9 Å². The Morgan fingerprint density at radius 3 is 2.50 bits per heavy atom. The second-order valence-corrected chi connectivity index (χ2v) is 10.7. The van der Waals surface area contributed by atoms with Crippen LogP contribution in [-0.4, -0.2) is 36.5 Å². The molecule has 0 aliphatic rings. The van der Waals surface area contributed by atoms with Crippen LogP contribution >= 0.6 is 11.6 Å². The highest BCUT2D eigenvalue weighted by Crippen LogP contribution is 2.36. The number of carbonyl (C=O) groups is 1. The average Bonchev–Trinajstić information content (AvgIpc) is 3.18. The smallest absolute Gasteiger partial charge is 0.332 e. The van der Waals surface area contributed by atoms with Crippen molar-refractivity contribution in [3.05, 3.63) is 64.0 Å². The third-order valence-electron chi connectivity index (χ3n) is 6.02. The molecular weight excluding hydrogens is 502 g/mol. The lowest BCUT2D eigenvalue weighted by atomic mass is 10.0. The largest absolute Gasteiger partial charge is 0.458 e. The standard InChI is InChI=1S/C30H36ClN3O4/c1-20-10-11-23(29-21(2)33-38-22(29)3)16-27(20)34(25-13-12-24(18-32)26(31)17-25)14-8-7-9-15-36-19-28(35)37-30(4,5)6/h10-13,16-17H,7-9,14-15,19H2,1-6H3. The number of hydrogen-bond acceptors (Lipinski definition) is 7. The second-order valence-electron chi connectivity index (χ2n) is 10.3. The summed E-state index contributed by atoms with van der Waals surface area (Å²) in [7, 11) is 0. The second kappa shape index (κ2) is 12.9. The highest BCUT2D eigenvalue weighted by molar-refractivity contribution is 6.32. The van der Waals surface area contributed by atoms with E-state index >= 15 is 0 Å². The molecule has 2 aromatic carbocycles. The SMILES string of the molecule is Cc1ccc(-c2c(C)noc2C)cc1N(CCCCCOCC(=O)OC(C)(C)C)c1ccc(C#N)c(Cl)c1. The summed E-state index contributed by atoms with van der Waals surface area (Å²) in [6.07, 6.45) is 2.63. The normalized spacial score (nSPS) is 11.3. The van der Waals surface area contributed by atoms with Gasteiger partial charge in [-0.05, 0) is 96.2 Å². The van der Waals surface area contributed by atoms with Crippen molar-refractivity contribution in [1.82, 2.24) is 5.16 Å². The van der Waals surface area contributed by atoms with Crippen LogP contribution < -0.4 is 4.90 Å². The minimum atomic E-state index is -0.515. The summed E-state index contributed by atoms with van der Waals surface area (Å²) in [6, 6.07) is 14.0. The summed E-state index contributed by atoms with van der Waals surface area (Å²) in [5.74, 6) is 0.423. The van der Waals surface area contributed by atoms with Gasteiger partial charge in [0.2, 0.25) is 0 Å². The number of carbonyl (C=O) groups excluding carboxylic acids is 1. The molecule has 0 N–H and O–H groups in total.